The zero-order chi connectivity index (χ0) is 19.2. The number of nitrogens with zero attached hydrogens (tertiary/aromatic N) is 2. The first-order chi connectivity index (χ1) is 12.4. The van der Waals surface area contributed by atoms with E-state index in [4.69, 9.17) is 4.74 Å². The van der Waals surface area contributed by atoms with Gasteiger partial charge < -0.3 is 14.9 Å². The van der Waals surface area contributed by atoms with Crippen LogP contribution in [0.2, 0.25) is 0 Å². The topological polar surface area (TPSA) is 75.5 Å². The van der Waals surface area contributed by atoms with Crippen molar-refractivity contribution in [1.82, 2.24) is 9.97 Å². The molecule has 0 bridgehead atoms. The highest BCUT2D eigenvalue weighted by atomic mass is 16.5. The Morgan fingerprint density at radius 2 is 2.04 bits per heavy atom. The quantitative estimate of drug-likeness (QED) is 0.718. The van der Waals surface area contributed by atoms with Crippen LogP contribution in [0.15, 0.2) is 36.5 Å². The predicted octanol–water partition coefficient (Wildman–Crippen LogP) is 3.54. The zero-order valence-electron chi connectivity index (χ0n) is 15.9. The largest absolute Gasteiger partial charge is 0.481 e. The lowest BCUT2D eigenvalue weighted by molar-refractivity contribution is 0.0221. The molecule has 2 heterocycles. The maximum Gasteiger partial charge on any atom is 0.213 e. The summed E-state index contributed by atoms with van der Waals surface area (Å²) in [7, 11) is 1.59. The normalized spacial score (nSPS) is 15.9. The monoisotopic (exact) mass is 357 g/mol. The SMILES string of the molecule is [CH2]CC(CC(O)CCC(C)(O)c1ncccc1C)c1cccc(OC)n1. The molecule has 0 aliphatic rings. The smallest absolute Gasteiger partial charge is 0.213 e. The Balaban J connectivity index is 1.98. The highest BCUT2D eigenvalue weighted by Crippen LogP contribution is 2.30. The molecule has 141 valence electrons. The lowest BCUT2D eigenvalue weighted by Crippen LogP contribution is -2.26. The molecule has 0 spiro atoms. The van der Waals surface area contributed by atoms with Crippen molar-refractivity contribution in [2.75, 3.05) is 7.11 Å². The second-order valence-electron chi connectivity index (χ2n) is 6.96. The molecule has 5 nitrogen and oxygen atoms in total. The van der Waals surface area contributed by atoms with Crippen LogP contribution in [0.1, 0.15) is 55.5 Å². The van der Waals surface area contributed by atoms with Gasteiger partial charge in [-0.3, -0.25) is 4.98 Å². The van der Waals surface area contributed by atoms with E-state index in [0.29, 0.717) is 37.3 Å². The lowest BCUT2D eigenvalue weighted by atomic mass is 9.88. The first kappa shape index (κ1) is 20.3. The van der Waals surface area contributed by atoms with Gasteiger partial charge in [-0.15, -0.1) is 0 Å². The number of aryl methyl sites for hydroxylation is 1. The van der Waals surface area contributed by atoms with Crippen LogP contribution in [-0.2, 0) is 5.60 Å². The average molecular weight is 357 g/mol. The van der Waals surface area contributed by atoms with Crippen molar-refractivity contribution in [2.24, 2.45) is 0 Å². The lowest BCUT2D eigenvalue weighted by Gasteiger charge is -2.26. The summed E-state index contributed by atoms with van der Waals surface area (Å²) in [6, 6.07) is 9.40. The number of hydrogen-bond donors (Lipinski definition) is 2. The van der Waals surface area contributed by atoms with Crippen molar-refractivity contribution in [1.29, 1.82) is 0 Å². The number of aromatic nitrogens is 2. The number of aliphatic hydroxyl groups excluding tert-OH is 1. The van der Waals surface area contributed by atoms with Crippen LogP contribution in [0.3, 0.4) is 0 Å². The molecule has 0 aromatic carbocycles. The van der Waals surface area contributed by atoms with E-state index >= 15 is 0 Å². The summed E-state index contributed by atoms with van der Waals surface area (Å²) in [5, 5.41) is 21.3. The Labute approximate surface area is 156 Å². The van der Waals surface area contributed by atoms with Crippen molar-refractivity contribution in [3.8, 4) is 5.88 Å². The molecule has 0 aliphatic heterocycles. The maximum absolute atomic E-state index is 10.8. The van der Waals surface area contributed by atoms with Crippen LogP contribution in [0.4, 0.5) is 0 Å². The molecule has 0 aliphatic carbocycles. The van der Waals surface area contributed by atoms with Crippen LogP contribution in [0, 0.1) is 13.8 Å². The first-order valence-corrected chi connectivity index (χ1v) is 9.00. The minimum Gasteiger partial charge on any atom is -0.481 e. The Morgan fingerprint density at radius 3 is 2.69 bits per heavy atom. The zero-order valence-corrected chi connectivity index (χ0v) is 15.9. The molecule has 2 aromatic rings. The van der Waals surface area contributed by atoms with Gasteiger partial charge in [-0.2, -0.15) is 0 Å². The van der Waals surface area contributed by atoms with Gasteiger partial charge in [0.25, 0.3) is 0 Å². The molecule has 3 atom stereocenters. The third-order valence-electron chi connectivity index (χ3n) is 4.76. The summed E-state index contributed by atoms with van der Waals surface area (Å²) in [5.41, 5.74) is 1.41. The van der Waals surface area contributed by atoms with Crippen LogP contribution in [0.25, 0.3) is 0 Å². The summed E-state index contributed by atoms with van der Waals surface area (Å²) in [5.74, 6) is 0.602. The number of pyridine rings is 2. The van der Waals surface area contributed by atoms with Gasteiger partial charge in [0.1, 0.15) is 5.60 Å². The third-order valence-corrected chi connectivity index (χ3v) is 4.76. The van der Waals surface area contributed by atoms with Gasteiger partial charge in [0.2, 0.25) is 5.88 Å². The summed E-state index contributed by atoms with van der Waals surface area (Å²) in [4.78, 5) is 8.76. The fraction of sp³-hybridized carbons (Fsp3) is 0.476. The van der Waals surface area contributed by atoms with Gasteiger partial charge in [0, 0.05) is 23.9 Å². The van der Waals surface area contributed by atoms with Crippen LogP contribution >= 0.6 is 0 Å². The molecule has 2 rings (SSSR count). The van der Waals surface area contributed by atoms with E-state index in [1.165, 1.54) is 0 Å². The molecule has 0 saturated carbocycles. The van der Waals surface area contributed by atoms with Gasteiger partial charge >= 0.3 is 0 Å². The van der Waals surface area contributed by atoms with Gasteiger partial charge in [-0.1, -0.05) is 19.1 Å². The van der Waals surface area contributed by atoms with Crippen molar-refractivity contribution in [3.05, 3.63) is 60.4 Å². The summed E-state index contributed by atoms with van der Waals surface area (Å²) in [6.45, 7) is 7.67. The number of ether oxygens (including phenoxy) is 1. The van der Waals surface area contributed by atoms with E-state index in [0.717, 1.165) is 11.3 Å². The number of methoxy groups -OCH3 is 1. The summed E-state index contributed by atoms with van der Waals surface area (Å²) < 4.78 is 5.17. The van der Waals surface area contributed by atoms with Crippen molar-refractivity contribution in [3.63, 3.8) is 0 Å². The van der Waals surface area contributed by atoms with E-state index < -0.39 is 11.7 Å². The Kier molecular flexibility index (Phi) is 7.12. The third kappa shape index (κ3) is 5.26. The van der Waals surface area contributed by atoms with E-state index in [1.54, 1.807) is 26.3 Å². The van der Waals surface area contributed by atoms with Crippen LogP contribution < -0.4 is 4.74 Å². The highest BCUT2D eigenvalue weighted by Gasteiger charge is 2.28. The predicted molar refractivity (Wildman–Crippen MR) is 102 cm³/mol. The van der Waals surface area contributed by atoms with E-state index in [1.807, 2.05) is 31.2 Å². The molecule has 5 heteroatoms. The standard InChI is InChI=1S/C21H29N2O3/c1-5-16(18-9-6-10-19(23-18)26-4)14-17(24)11-12-21(3,25)20-15(2)8-7-13-22-20/h6-10,13,16-17,24-25H,1,5,11-12,14H2,2-4H3. The van der Waals surface area contributed by atoms with E-state index in [-0.39, 0.29) is 5.92 Å². The second kappa shape index (κ2) is 9.10. The van der Waals surface area contributed by atoms with Gasteiger partial charge in [0.15, 0.2) is 0 Å². The molecule has 3 unspecified atom stereocenters. The van der Waals surface area contributed by atoms with Gasteiger partial charge in [0.05, 0.1) is 18.9 Å². The van der Waals surface area contributed by atoms with E-state index in [9.17, 15) is 10.2 Å². The molecule has 26 heavy (non-hydrogen) atoms. The molecule has 2 aromatic heterocycles. The molecule has 1 radical (unpaired) electrons. The highest BCUT2D eigenvalue weighted by molar-refractivity contribution is 5.23. The summed E-state index contributed by atoms with van der Waals surface area (Å²) >= 11 is 0. The fourth-order valence-electron chi connectivity index (χ4n) is 3.22. The first-order valence-electron chi connectivity index (χ1n) is 9.00. The Morgan fingerprint density at radius 1 is 1.27 bits per heavy atom. The minimum absolute atomic E-state index is 0.0432. The molecular weight excluding hydrogens is 328 g/mol. The summed E-state index contributed by atoms with van der Waals surface area (Å²) in [6.07, 6.45) is 3.21. The van der Waals surface area contributed by atoms with Crippen molar-refractivity contribution in [2.45, 2.75) is 57.2 Å². The van der Waals surface area contributed by atoms with Crippen LogP contribution in [0.5, 0.6) is 5.88 Å². The molecule has 0 saturated heterocycles. The van der Waals surface area contributed by atoms with Crippen molar-refractivity contribution < 1.29 is 14.9 Å². The Bertz CT molecular complexity index is 703. The molecule has 0 fully saturated rings. The maximum atomic E-state index is 10.8. The average Bonchev–Trinajstić information content (AvgIpc) is 2.64. The van der Waals surface area contributed by atoms with Gasteiger partial charge in [-0.05, 0) is 57.2 Å². The van der Waals surface area contributed by atoms with Crippen LogP contribution in [-0.4, -0.2) is 33.4 Å². The number of hydrogen-bond acceptors (Lipinski definition) is 5. The van der Waals surface area contributed by atoms with E-state index in [2.05, 4.69) is 16.9 Å². The number of aliphatic hydroxyl groups is 2. The minimum atomic E-state index is -1.07. The fourth-order valence-corrected chi connectivity index (χ4v) is 3.22. The number of rotatable bonds is 9. The Hall–Kier alpha value is -1.98. The second-order valence-corrected chi connectivity index (χ2v) is 6.96. The van der Waals surface area contributed by atoms with Gasteiger partial charge in [-0.25, -0.2) is 4.98 Å². The molecular formula is C21H29N2O3. The van der Waals surface area contributed by atoms with Crippen molar-refractivity contribution >= 4 is 0 Å². The molecule has 0 amide bonds. The molecule has 2 N–H and O–H groups in total.